The molecule has 6 heteroatoms. The third kappa shape index (κ3) is 4.34. The zero-order valence-electron chi connectivity index (χ0n) is 15.7. The molecule has 0 aliphatic carbocycles. The van der Waals surface area contributed by atoms with Crippen molar-refractivity contribution in [2.24, 2.45) is 0 Å². The van der Waals surface area contributed by atoms with E-state index in [2.05, 4.69) is 4.98 Å². The predicted molar refractivity (Wildman–Crippen MR) is 110 cm³/mol. The summed E-state index contributed by atoms with van der Waals surface area (Å²) < 4.78 is 7.19. The van der Waals surface area contributed by atoms with Crippen LogP contribution in [0, 0.1) is 0 Å². The van der Waals surface area contributed by atoms with E-state index in [9.17, 15) is 4.79 Å². The zero-order valence-corrected chi connectivity index (χ0v) is 16.5. The van der Waals surface area contributed by atoms with Gasteiger partial charge in [0.2, 0.25) is 5.91 Å². The van der Waals surface area contributed by atoms with Crippen LogP contribution >= 0.6 is 11.8 Å². The molecule has 0 bridgehead atoms. The molecule has 0 radical (unpaired) electrons. The van der Waals surface area contributed by atoms with Crippen LogP contribution < -0.4 is 9.64 Å². The van der Waals surface area contributed by atoms with Crippen LogP contribution in [0.5, 0.6) is 5.75 Å². The Hall–Kier alpha value is -2.73. The van der Waals surface area contributed by atoms with Gasteiger partial charge in [0.05, 0.1) is 12.4 Å². The van der Waals surface area contributed by atoms with Crippen LogP contribution in [0.15, 0.2) is 72.1 Å². The van der Waals surface area contributed by atoms with Gasteiger partial charge in [-0.15, -0.1) is 0 Å². The van der Waals surface area contributed by atoms with Crippen molar-refractivity contribution in [2.45, 2.75) is 24.3 Å². The van der Waals surface area contributed by atoms with Crippen molar-refractivity contribution in [1.29, 1.82) is 0 Å². The van der Waals surface area contributed by atoms with Crippen molar-refractivity contribution in [3.05, 3.63) is 67.0 Å². The highest BCUT2D eigenvalue weighted by atomic mass is 32.2. The Kier molecular flexibility index (Phi) is 6.19. The normalized spacial score (nSPS) is 11.8. The largest absolute Gasteiger partial charge is 0.497 e. The van der Waals surface area contributed by atoms with Crippen LogP contribution in [0.4, 0.5) is 5.69 Å². The number of methoxy groups -OCH3 is 1. The third-order valence-electron chi connectivity index (χ3n) is 4.24. The van der Waals surface area contributed by atoms with Crippen LogP contribution in [0.2, 0.25) is 0 Å². The van der Waals surface area contributed by atoms with Crippen molar-refractivity contribution >= 4 is 23.4 Å². The molecule has 3 rings (SSSR count). The zero-order chi connectivity index (χ0) is 19.2. The summed E-state index contributed by atoms with van der Waals surface area (Å²) in [5, 5.41) is 0.523. The Balaban J connectivity index is 1.77. The third-order valence-corrected chi connectivity index (χ3v) is 5.31. The number of anilines is 1. The van der Waals surface area contributed by atoms with Crippen molar-refractivity contribution in [3.8, 4) is 11.4 Å². The van der Waals surface area contributed by atoms with Crippen LogP contribution in [-0.2, 0) is 4.79 Å². The van der Waals surface area contributed by atoms with Gasteiger partial charge in [-0.25, -0.2) is 4.98 Å². The van der Waals surface area contributed by atoms with Crippen molar-refractivity contribution < 1.29 is 9.53 Å². The van der Waals surface area contributed by atoms with Gasteiger partial charge in [0.25, 0.3) is 0 Å². The van der Waals surface area contributed by atoms with Gasteiger partial charge in [0.1, 0.15) is 5.75 Å². The molecule has 0 unspecified atom stereocenters. The van der Waals surface area contributed by atoms with Gasteiger partial charge in [-0.2, -0.15) is 0 Å². The van der Waals surface area contributed by atoms with Gasteiger partial charge < -0.3 is 9.64 Å². The van der Waals surface area contributed by atoms with Gasteiger partial charge in [0, 0.05) is 30.3 Å². The topological polar surface area (TPSA) is 47.4 Å². The summed E-state index contributed by atoms with van der Waals surface area (Å²) in [4.78, 5) is 19.2. The molecule has 1 aromatic heterocycles. The first-order valence-electron chi connectivity index (χ1n) is 8.85. The number of hydrogen-bond acceptors (Lipinski definition) is 4. The fourth-order valence-corrected chi connectivity index (χ4v) is 3.76. The number of para-hydroxylation sites is 1. The highest BCUT2D eigenvalue weighted by Gasteiger charge is 2.23. The summed E-state index contributed by atoms with van der Waals surface area (Å²) >= 11 is 1.46. The molecule has 0 aliphatic rings. The molecule has 3 aromatic rings. The van der Waals surface area contributed by atoms with Gasteiger partial charge in [-0.3, -0.25) is 9.36 Å². The average Bonchev–Trinajstić information content (AvgIpc) is 3.17. The Morgan fingerprint density at radius 3 is 2.52 bits per heavy atom. The van der Waals surface area contributed by atoms with Crippen molar-refractivity contribution in [3.63, 3.8) is 0 Å². The second-order valence-electron chi connectivity index (χ2n) is 5.96. The van der Waals surface area contributed by atoms with E-state index in [1.54, 1.807) is 18.2 Å². The van der Waals surface area contributed by atoms with Crippen molar-refractivity contribution in [2.75, 3.05) is 18.6 Å². The summed E-state index contributed by atoms with van der Waals surface area (Å²) in [5.74, 6) is 0.871. The quantitative estimate of drug-likeness (QED) is 0.569. The summed E-state index contributed by atoms with van der Waals surface area (Å²) in [5.41, 5.74) is 1.89. The number of aromatic nitrogens is 2. The highest BCUT2D eigenvalue weighted by molar-refractivity contribution is 8.00. The van der Waals surface area contributed by atoms with E-state index < -0.39 is 0 Å². The smallest absolute Gasteiger partial charge is 0.240 e. The molecule has 5 nitrogen and oxygen atoms in total. The SMILES string of the molecule is CCN(C(=O)[C@@H](C)Sc1nccn1-c1ccc(OC)cc1)c1ccccc1. The van der Waals surface area contributed by atoms with Crippen LogP contribution in [0.3, 0.4) is 0 Å². The number of nitrogens with zero attached hydrogens (tertiary/aromatic N) is 3. The Morgan fingerprint density at radius 2 is 1.89 bits per heavy atom. The molecule has 1 heterocycles. The number of rotatable bonds is 7. The maximum atomic E-state index is 13.0. The number of ether oxygens (including phenoxy) is 1. The number of imidazole rings is 1. The highest BCUT2D eigenvalue weighted by Crippen LogP contribution is 2.27. The summed E-state index contributed by atoms with van der Waals surface area (Å²) in [7, 11) is 1.65. The first kappa shape index (κ1) is 19.0. The maximum absolute atomic E-state index is 13.0. The molecule has 0 fully saturated rings. The molecule has 0 aliphatic heterocycles. The molecule has 0 N–H and O–H groups in total. The van der Waals surface area contributed by atoms with E-state index in [1.165, 1.54) is 11.8 Å². The number of benzene rings is 2. The summed E-state index contributed by atoms with van der Waals surface area (Å²) in [6.07, 6.45) is 3.65. The molecule has 1 atom stereocenters. The summed E-state index contributed by atoms with van der Waals surface area (Å²) in [6.45, 7) is 4.53. The van der Waals surface area contributed by atoms with Gasteiger partial charge in [-0.05, 0) is 50.2 Å². The monoisotopic (exact) mass is 381 g/mol. The number of amides is 1. The van der Waals surface area contributed by atoms with E-state index in [1.807, 2.05) is 79.2 Å². The first-order valence-corrected chi connectivity index (χ1v) is 9.73. The van der Waals surface area contributed by atoms with Crippen LogP contribution in [0.25, 0.3) is 5.69 Å². The van der Waals surface area contributed by atoms with Gasteiger partial charge in [0.15, 0.2) is 5.16 Å². The van der Waals surface area contributed by atoms with Crippen molar-refractivity contribution in [1.82, 2.24) is 9.55 Å². The van der Waals surface area contributed by atoms with E-state index in [4.69, 9.17) is 4.74 Å². The predicted octanol–water partition coefficient (Wildman–Crippen LogP) is 4.41. The molecule has 27 heavy (non-hydrogen) atoms. The fraction of sp³-hybridized carbons (Fsp3) is 0.238. The summed E-state index contributed by atoms with van der Waals surface area (Å²) in [6, 6.07) is 17.5. The number of carbonyl (C=O) groups excluding carboxylic acids is 1. The minimum absolute atomic E-state index is 0.0676. The Bertz CT molecular complexity index is 878. The minimum atomic E-state index is -0.260. The molecule has 2 aromatic carbocycles. The lowest BCUT2D eigenvalue weighted by atomic mass is 10.2. The van der Waals surface area contributed by atoms with Gasteiger partial charge >= 0.3 is 0 Å². The molecular formula is C21H23N3O2S. The molecular weight excluding hydrogens is 358 g/mol. The van der Waals surface area contributed by atoms with Crippen LogP contribution in [0.1, 0.15) is 13.8 Å². The second kappa shape index (κ2) is 8.77. The van der Waals surface area contributed by atoms with Crippen LogP contribution in [-0.4, -0.2) is 34.4 Å². The second-order valence-corrected chi connectivity index (χ2v) is 7.26. The molecule has 0 spiro atoms. The molecule has 1 amide bonds. The molecule has 140 valence electrons. The van der Waals surface area contributed by atoms with E-state index >= 15 is 0 Å². The van der Waals surface area contributed by atoms with E-state index in [0.717, 1.165) is 22.3 Å². The van der Waals surface area contributed by atoms with E-state index in [0.29, 0.717) is 6.54 Å². The molecule has 0 saturated heterocycles. The minimum Gasteiger partial charge on any atom is -0.497 e. The Morgan fingerprint density at radius 1 is 1.19 bits per heavy atom. The van der Waals surface area contributed by atoms with Gasteiger partial charge in [-0.1, -0.05) is 30.0 Å². The number of thioether (sulfide) groups is 1. The maximum Gasteiger partial charge on any atom is 0.240 e. The number of hydrogen-bond donors (Lipinski definition) is 0. The van der Waals surface area contributed by atoms with E-state index in [-0.39, 0.29) is 11.2 Å². The first-order chi connectivity index (χ1) is 13.1. The molecule has 0 saturated carbocycles. The lowest BCUT2D eigenvalue weighted by Crippen LogP contribution is -2.36. The lowest BCUT2D eigenvalue weighted by molar-refractivity contribution is -0.117. The standard InChI is InChI=1S/C21H23N3O2S/c1-4-23(17-8-6-5-7-9-17)20(25)16(2)27-21-22-14-15-24(21)18-10-12-19(26-3)13-11-18/h5-16H,4H2,1-3H3/t16-/m1/s1. The average molecular weight is 382 g/mol. The Labute approximate surface area is 164 Å². The lowest BCUT2D eigenvalue weighted by Gasteiger charge is -2.24. The fourth-order valence-electron chi connectivity index (χ4n) is 2.82. The number of carbonyl (C=O) groups is 1.